The molecule has 6 heteroatoms. The largest absolute Gasteiger partial charge is 0.441 e. The third kappa shape index (κ3) is 4.75. The molecular weight excluding hydrogens is 395 g/mol. The maximum Gasteiger partial charge on any atom is 0.224 e. The van der Waals surface area contributed by atoms with Crippen LogP contribution in [0.25, 0.3) is 11.3 Å². The first-order valence-electron chi connectivity index (χ1n) is 9.14. The average Bonchev–Trinajstić information content (AvgIpc) is 3.10. The number of hydrogen-bond acceptors (Lipinski definition) is 3. The van der Waals surface area contributed by atoms with Gasteiger partial charge in [0.1, 0.15) is 0 Å². The molecule has 0 saturated heterocycles. The molecule has 4 nitrogen and oxygen atoms in total. The summed E-state index contributed by atoms with van der Waals surface area (Å²) in [7, 11) is 0. The van der Waals surface area contributed by atoms with Gasteiger partial charge in [-0.15, -0.1) is 0 Å². The number of halogens is 2. The Labute approximate surface area is 174 Å². The van der Waals surface area contributed by atoms with E-state index in [4.69, 9.17) is 27.6 Å². The Hall–Kier alpha value is -2.30. The highest BCUT2D eigenvalue weighted by Gasteiger charge is 2.14. The van der Waals surface area contributed by atoms with Crippen molar-refractivity contribution in [3.8, 4) is 11.3 Å². The van der Waals surface area contributed by atoms with Crippen LogP contribution in [0.3, 0.4) is 0 Å². The molecule has 1 aromatic heterocycles. The van der Waals surface area contributed by atoms with E-state index in [0.29, 0.717) is 34.0 Å². The van der Waals surface area contributed by atoms with Crippen molar-refractivity contribution in [2.75, 3.05) is 5.32 Å². The van der Waals surface area contributed by atoms with Crippen LogP contribution in [0.2, 0.25) is 10.0 Å². The van der Waals surface area contributed by atoms with E-state index >= 15 is 0 Å². The van der Waals surface area contributed by atoms with Crippen LogP contribution < -0.4 is 5.32 Å². The Morgan fingerprint density at radius 3 is 2.71 bits per heavy atom. The molecule has 0 radical (unpaired) electrons. The maximum atomic E-state index is 12.5. The third-order valence-corrected chi connectivity index (χ3v) is 5.06. The second kappa shape index (κ2) is 8.80. The summed E-state index contributed by atoms with van der Waals surface area (Å²) in [5.41, 5.74) is 3.79. The van der Waals surface area contributed by atoms with E-state index < -0.39 is 0 Å². The number of benzene rings is 2. The second-order valence-corrected chi connectivity index (χ2v) is 7.83. The Balaban J connectivity index is 1.66. The number of amides is 1. The number of oxazole rings is 1. The summed E-state index contributed by atoms with van der Waals surface area (Å²) in [6.45, 7) is 6.22. The number of anilines is 1. The topological polar surface area (TPSA) is 55.1 Å². The van der Waals surface area contributed by atoms with Crippen molar-refractivity contribution >= 4 is 34.8 Å². The molecule has 3 aromatic rings. The third-order valence-electron chi connectivity index (χ3n) is 4.51. The van der Waals surface area contributed by atoms with Crippen LogP contribution >= 0.6 is 23.2 Å². The van der Waals surface area contributed by atoms with E-state index in [2.05, 4.69) is 24.1 Å². The molecule has 0 spiro atoms. The average molecular weight is 417 g/mol. The van der Waals surface area contributed by atoms with E-state index in [-0.39, 0.29) is 12.3 Å². The molecule has 0 aliphatic carbocycles. The van der Waals surface area contributed by atoms with Crippen molar-refractivity contribution in [1.29, 1.82) is 0 Å². The number of nitrogens with one attached hydrogen (secondary N) is 1. The summed E-state index contributed by atoms with van der Waals surface area (Å²) in [5.74, 6) is 1.30. The fourth-order valence-corrected chi connectivity index (χ4v) is 3.51. The lowest BCUT2D eigenvalue weighted by molar-refractivity contribution is -0.116. The van der Waals surface area contributed by atoms with Crippen molar-refractivity contribution in [3.63, 3.8) is 0 Å². The first-order chi connectivity index (χ1) is 13.3. The van der Waals surface area contributed by atoms with Crippen molar-refractivity contribution < 1.29 is 9.21 Å². The van der Waals surface area contributed by atoms with Crippen LogP contribution in [0, 0.1) is 6.92 Å². The normalized spacial score (nSPS) is 11.1. The van der Waals surface area contributed by atoms with E-state index in [1.807, 2.05) is 25.1 Å². The molecule has 0 unspecified atom stereocenters. The van der Waals surface area contributed by atoms with E-state index in [1.165, 1.54) is 0 Å². The van der Waals surface area contributed by atoms with Gasteiger partial charge in [-0.1, -0.05) is 55.2 Å². The van der Waals surface area contributed by atoms with Gasteiger partial charge in [0, 0.05) is 29.1 Å². The highest BCUT2D eigenvalue weighted by molar-refractivity contribution is 6.36. The molecule has 0 saturated carbocycles. The first kappa shape index (κ1) is 20.4. The Morgan fingerprint density at radius 1 is 1.21 bits per heavy atom. The number of aryl methyl sites for hydroxylation is 2. The maximum absolute atomic E-state index is 12.5. The predicted octanol–water partition coefficient (Wildman–Crippen LogP) is 6.65. The summed E-state index contributed by atoms with van der Waals surface area (Å²) in [6, 6.07) is 11.2. The Bertz CT molecular complexity index is 996. The van der Waals surface area contributed by atoms with Gasteiger partial charge in [0.25, 0.3) is 0 Å². The minimum absolute atomic E-state index is 0.0690. The second-order valence-electron chi connectivity index (χ2n) is 6.98. The minimum atomic E-state index is -0.0690. The summed E-state index contributed by atoms with van der Waals surface area (Å²) in [5, 5.41) is 4.09. The standard InChI is InChI=1S/C22H22Cl2N2O2/c1-13(2)16-6-4-5-14(3)22(16)26-20(27)9-10-21-25-12-19(28-21)17-8-7-15(23)11-18(17)24/h4-8,11-13H,9-10H2,1-3H3,(H,26,27). The number of rotatable bonds is 6. The van der Waals surface area contributed by atoms with Gasteiger partial charge in [-0.25, -0.2) is 4.98 Å². The van der Waals surface area contributed by atoms with E-state index in [9.17, 15) is 4.79 Å². The summed E-state index contributed by atoms with van der Waals surface area (Å²) >= 11 is 12.1. The van der Waals surface area contributed by atoms with Crippen LogP contribution in [-0.2, 0) is 11.2 Å². The molecule has 2 aromatic carbocycles. The van der Waals surface area contributed by atoms with Gasteiger partial charge in [-0.05, 0) is 42.2 Å². The van der Waals surface area contributed by atoms with E-state index in [1.54, 1.807) is 24.4 Å². The number of carbonyl (C=O) groups is 1. The first-order valence-corrected chi connectivity index (χ1v) is 9.90. The summed E-state index contributed by atoms with van der Waals surface area (Å²) in [6.07, 6.45) is 2.29. The van der Waals surface area contributed by atoms with Crippen LogP contribution in [-0.4, -0.2) is 10.9 Å². The zero-order valence-electron chi connectivity index (χ0n) is 16.1. The molecule has 0 aliphatic rings. The SMILES string of the molecule is Cc1cccc(C(C)C)c1NC(=O)CCc1ncc(-c2ccc(Cl)cc2Cl)o1. The highest BCUT2D eigenvalue weighted by atomic mass is 35.5. The molecular formula is C22H22Cl2N2O2. The minimum Gasteiger partial charge on any atom is -0.441 e. The van der Waals surface area contributed by atoms with Crippen LogP contribution in [0.1, 0.15) is 43.2 Å². The number of hydrogen-bond donors (Lipinski definition) is 1. The number of carbonyl (C=O) groups excluding carboxylic acids is 1. The lowest BCUT2D eigenvalue weighted by atomic mass is 9.98. The van der Waals surface area contributed by atoms with Crippen molar-refractivity contribution in [1.82, 2.24) is 4.98 Å². The number of para-hydroxylation sites is 1. The molecule has 146 valence electrons. The zero-order valence-corrected chi connectivity index (χ0v) is 17.6. The van der Waals surface area contributed by atoms with Gasteiger partial charge in [0.2, 0.25) is 5.91 Å². The molecule has 28 heavy (non-hydrogen) atoms. The molecule has 0 atom stereocenters. The van der Waals surface area contributed by atoms with Gasteiger partial charge in [0.15, 0.2) is 11.7 Å². The number of nitrogens with zero attached hydrogens (tertiary/aromatic N) is 1. The summed E-state index contributed by atoms with van der Waals surface area (Å²) < 4.78 is 5.76. The fourth-order valence-electron chi connectivity index (χ4n) is 3.00. The molecule has 1 amide bonds. The van der Waals surface area contributed by atoms with Crippen molar-refractivity contribution in [2.45, 2.75) is 39.5 Å². The lowest BCUT2D eigenvalue weighted by Crippen LogP contribution is -2.15. The Morgan fingerprint density at radius 2 is 2.00 bits per heavy atom. The van der Waals surface area contributed by atoms with Crippen molar-refractivity contribution in [3.05, 3.63) is 69.7 Å². The van der Waals surface area contributed by atoms with Gasteiger partial charge < -0.3 is 9.73 Å². The molecule has 0 fully saturated rings. The summed E-state index contributed by atoms with van der Waals surface area (Å²) in [4.78, 5) is 16.7. The zero-order chi connectivity index (χ0) is 20.3. The predicted molar refractivity (Wildman–Crippen MR) is 114 cm³/mol. The Kier molecular flexibility index (Phi) is 6.42. The lowest BCUT2D eigenvalue weighted by Gasteiger charge is -2.16. The number of aromatic nitrogens is 1. The van der Waals surface area contributed by atoms with Crippen LogP contribution in [0.4, 0.5) is 5.69 Å². The highest BCUT2D eigenvalue weighted by Crippen LogP contribution is 2.31. The van der Waals surface area contributed by atoms with E-state index in [0.717, 1.165) is 22.4 Å². The fraction of sp³-hybridized carbons (Fsp3) is 0.273. The van der Waals surface area contributed by atoms with Crippen LogP contribution in [0.15, 0.2) is 47.0 Å². The molecule has 0 bridgehead atoms. The quantitative estimate of drug-likeness (QED) is 0.488. The molecule has 0 aliphatic heterocycles. The van der Waals surface area contributed by atoms with Gasteiger partial charge in [0.05, 0.1) is 11.2 Å². The van der Waals surface area contributed by atoms with Gasteiger partial charge in [-0.3, -0.25) is 4.79 Å². The molecule has 1 heterocycles. The van der Waals surface area contributed by atoms with Gasteiger partial charge in [-0.2, -0.15) is 0 Å². The molecule has 3 rings (SSSR count). The van der Waals surface area contributed by atoms with Gasteiger partial charge >= 0.3 is 0 Å². The smallest absolute Gasteiger partial charge is 0.224 e. The molecule has 1 N–H and O–H groups in total. The van der Waals surface area contributed by atoms with Crippen LogP contribution in [0.5, 0.6) is 0 Å². The monoisotopic (exact) mass is 416 g/mol. The van der Waals surface area contributed by atoms with Crippen molar-refractivity contribution in [2.24, 2.45) is 0 Å².